The molecule has 0 bridgehead atoms. The first-order chi connectivity index (χ1) is 16.8. The molecule has 2 aliphatic heterocycles. The number of carbonyl (C=O) groups is 1. The zero-order valence-corrected chi connectivity index (χ0v) is 20.5. The van der Waals surface area contributed by atoms with Gasteiger partial charge in [0, 0.05) is 24.8 Å². The van der Waals surface area contributed by atoms with Gasteiger partial charge in [-0.1, -0.05) is 35.3 Å². The number of benzene rings is 1. The summed E-state index contributed by atoms with van der Waals surface area (Å²) in [6.07, 6.45) is -3.76. The van der Waals surface area contributed by atoms with E-state index in [1.54, 1.807) is 18.7 Å². The molecule has 190 valence electrons. The van der Waals surface area contributed by atoms with Crippen molar-refractivity contribution in [2.24, 2.45) is 5.16 Å². The molecule has 0 radical (unpaired) electrons. The van der Waals surface area contributed by atoms with Gasteiger partial charge in [-0.25, -0.2) is 4.39 Å². The van der Waals surface area contributed by atoms with E-state index in [2.05, 4.69) is 15.5 Å². The lowest BCUT2D eigenvalue weighted by Gasteiger charge is -2.30. The summed E-state index contributed by atoms with van der Waals surface area (Å²) in [4.78, 5) is 23.3. The Morgan fingerprint density at radius 1 is 1.25 bits per heavy atom. The van der Waals surface area contributed by atoms with E-state index in [0.717, 1.165) is 12.1 Å². The Hall–Kier alpha value is -3.10. The van der Waals surface area contributed by atoms with Gasteiger partial charge in [-0.2, -0.15) is 18.4 Å². The number of hydrogen-bond donors (Lipinski definition) is 1. The first kappa shape index (κ1) is 26.0. The molecule has 2 atom stereocenters. The van der Waals surface area contributed by atoms with Gasteiger partial charge in [0.15, 0.2) is 5.82 Å². The van der Waals surface area contributed by atoms with E-state index < -0.39 is 51.1 Å². The molecule has 7 nitrogen and oxygen atoms in total. The lowest BCUT2D eigenvalue weighted by Crippen LogP contribution is -2.44. The molecule has 4 rings (SSSR count). The smallest absolute Gasteiger partial charge is 0.372 e. The summed E-state index contributed by atoms with van der Waals surface area (Å²) in [7, 11) is 0. The van der Waals surface area contributed by atoms with Crippen LogP contribution in [0.4, 0.5) is 17.6 Å². The van der Waals surface area contributed by atoms with Gasteiger partial charge in [-0.05, 0) is 42.7 Å². The third-order valence-electron chi connectivity index (χ3n) is 6.37. The number of amidine groups is 1. The molecule has 0 fully saturated rings. The van der Waals surface area contributed by atoms with Crippen LogP contribution in [0.2, 0.25) is 10.0 Å². The minimum atomic E-state index is -4.92. The number of nitrogens with one attached hydrogen (secondary N) is 1. The van der Waals surface area contributed by atoms with Gasteiger partial charge in [0.05, 0.1) is 22.5 Å². The highest BCUT2D eigenvalue weighted by Gasteiger charge is 2.63. The Kier molecular flexibility index (Phi) is 6.56. The van der Waals surface area contributed by atoms with Crippen molar-refractivity contribution in [3.05, 3.63) is 62.6 Å². The number of halogens is 6. The highest BCUT2D eigenvalue weighted by Crippen LogP contribution is 2.50. The average molecular weight is 544 g/mol. The van der Waals surface area contributed by atoms with Crippen molar-refractivity contribution in [2.45, 2.75) is 57.1 Å². The van der Waals surface area contributed by atoms with Gasteiger partial charge in [0.25, 0.3) is 11.5 Å². The van der Waals surface area contributed by atoms with Crippen LogP contribution in [0.1, 0.15) is 53.9 Å². The Morgan fingerprint density at radius 3 is 2.47 bits per heavy atom. The largest absolute Gasteiger partial charge is 0.435 e. The van der Waals surface area contributed by atoms with Crippen LogP contribution >= 0.6 is 23.2 Å². The van der Waals surface area contributed by atoms with Crippen LogP contribution in [-0.2, 0) is 23.5 Å². The maximum Gasteiger partial charge on any atom is 0.435 e. The monoisotopic (exact) mass is 543 g/mol. The lowest BCUT2D eigenvalue weighted by molar-refractivity contribution is -0.275. The van der Waals surface area contributed by atoms with E-state index in [1.165, 1.54) is 12.3 Å². The second-order valence-electron chi connectivity index (χ2n) is 8.80. The molecule has 2 aromatic rings. The van der Waals surface area contributed by atoms with Crippen LogP contribution in [0.5, 0.6) is 0 Å². The summed E-state index contributed by atoms with van der Waals surface area (Å²) < 4.78 is 56.6. The molecule has 2 unspecified atom stereocenters. The summed E-state index contributed by atoms with van der Waals surface area (Å²) >= 11 is 11.5. The third kappa shape index (κ3) is 4.44. The Bertz CT molecular complexity index is 1290. The quantitative estimate of drug-likeness (QED) is 0.408. The number of hydrogen-bond acceptors (Lipinski definition) is 6. The number of alkyl halides is 3. The first-order valence-electron chi connectivity index (χ1n) is 10.8. The number of carbonyl (C=O) groups excluding carboxylic acids is 1. The molecule has 0 spiro atoms. The Labute approximate surface area is 213 Å². The highest BCUT2D eigenvalue weighted by molar-refractivity contribution is 6.35. The van der Waals surface area contributed by atoms with Crippen LogP contribution < -0.4 is 5.32 Å². The molecule has 0 saturated carbocycles. The van der Waals surface area contributed by atoms with Crippen LogP contribution in [-0.4, -0.2) is 33.3 Å². The van der Waals surface area contributed by atoms with Crippen LogP contribution in [0, 0.1) is 17.1 Å². The second-order valence-corrected chi connectivity index (χ2v) is 9.61. The number of aromatic nitrogens is 1. The summed E-state index contributed by atoms with van der Waals surface area (Å²) in [6, 6.07) is 5.23. The molecular formula is C23H19Cl2F4N5O2. The number of amides is 1. The van der Waals surface area contributed by atoms with Crippen molar-refractivity contribution in [3.63, 3.8) is 0 Å². The van der Waals surface area contributed by atoms with Crippen LogP contribution in [0.3, 0.4) is 0 Å². The van der Waals surface area contributed by atoms with Gasteiger partial charge in [0.2, 0.25) is 0 Å². The number of nitrogens with zero attached hydrogens (tertiary/aromatic N) is 4. The van der Waals surface area contributed by atoms with Crippen molar-refractivity contribution in [3.8, 4) is 6.07 Å². The van der Waals surface area contributed by atoms with Crippen molar-refractivity contribution >= 4 is 34.9 Å². The highest BCUT2D eigenvalue weighted by atomic mass is 35.5. The van der Waals surface area contributed by atoms with Crippen molar-refractivity contribution < 1.29 is 27.2 Å². The van der Waals surface area contributed by atoms with Gasteiger partial charge < -0.3 is 15.1 Å². The predicted molar refractivity (Wildman–Crippen MR) is 123 cm³/mol. The normalized spacial score (nSPS) is 20.8. The SMILES string of the molecule is CCC(C)(C#N)NC(=O)c1cc2c(cn1)CN(C1=NOC(c3cc(Cl)c(F)c(Cl)c3)(C(F)(F)F)C1)C2. The number of oxime groups is 1. The molecule has 0 saturated heterocycles. The van der Waals surface area contributed by atoms with E-state index in [0.29, 0.717) is 17.5 Å². The minimum absolute atomic E-state index is 0.00846. The van der Waals surface area contributed by atoms with Crippen molar-refractivity contribution in [1.82, 2.24) is 15.2 Å². The summed E-state index contributed by atoms with van der Waals surface area (Å²) in [5, 5.41) is 14.5. The van der Waals surface area contributed by atoms with E-state index in [1.807, 2.05) is 6.07 Å². The molecular weight excluding hydrogens is 525 g/mol. The number of fused-ring (bicyclic) bond motifs is 1. The van der Waals surface area contributed by atoms with Gasteiger partial charge in [-0.15, -0.1) is 0 Å². The Balaban J connectivity index is 1.56. The third-order valence-corrected chi connectivity index (χ3v) is 6.92. The Morgan fingerprint density at radius 2 is 1.89 bits per heavy atom. The molecule has 3 heterocycles. The van der Waals surface area contributed by atoms with E-state index in [-0.39, 0.29) is 24.6 Å². The number of nitriles is 1. The van der Waals surface area contributed by atoms with E-state index in [4.69, 9.17) is 28.0 Å². The van der Waals surface area contributed by atoms with Crippen molar-refractivity contribution in [2.75, 3.05) is 0 Å². The van der Waals surface area contributed by atoms with Crippen molar-refractivity contribution in [1.29, 1.82) is 5.26 Å². The molecule has 2 aliphatic rings. The van der Waals surface area contributed by atoms with Gasteiger partial charge >= 0.3 is 6.18 Å². The van der Waals surface area contributed by atoms with Gasteiger partial charge in [-0.3, -0.25) is 9.78 Å². The second kappa shape index (κ2) is 9.09. The maximum absolute atomic E-state index is 14.3. The summed E-state index contributed by atoms with van der Waals surface area (Å²) in [5.74, 6) is -1.56. The fraction of sp³-hybridized carbons (Fsp3) is 0.391. The molecule has 1 amide bonds. The number of rotatable bonds is 4. The summed E-state index contributed by atoms with van der Waals surface area (Å²) in [6.45, 7) is 3.70. The zero-order valence-electron chi connectivity index (χ0n) is 19.0. The lowest BCUT2D eigenvalue weighted by atomic mass is 9.89. The maximum atomic E-state index is 14.3. The predicted octanol–water partition coefficient (Wildman–Crippen LogP) is 5.46. The van der Waals surface area contributed by atoms with Crippen LogP contribution in [0.25, 0.3) is 0 Å². The van der Waals surface area contributed by atoms with E-state index >= 15 is 0 Å². The molecule has 1 aromatic carbocycles. The molecule has 36 heavy (non-hydrogen) atoms. The topological polar surface area (TPSA) is 90.6 Å². The number of pyridine rings is 1. The summed E-state index contributed by atoms with van der Waals surface area (Å²) in [5.41, 5.74) is -2.99. The fourth-order valence-corrected chi connectivity index (χ4v) is 4.43. The first-order valence-corrected chi connectivity index (χ1v) is 11.5. The standard InChI is InChI=1S/C23H19Cl2F4N5O2/c1-3-21(2,11-30)32-20(35)17-4-12-9-34(10-13(12)8-31-17)18-7-22(36-33-18,23(27,28)29)14-5-15(24)19(26)16(25)6-14/h4-6,8H,3,7,9-10H2,1-2H3,(H,32,35). The molecule has 0 aliphatic carbocycles. The van der Waals surface area contributed by atoms with Crippen LogP contribution in [0.15, 0.2) is 29.6 Å². The zero-order chi connectivity index (χ0) is 26.5. The van der Waals surface area contributed by atoms with Gasteiger partial charge in [0.1, 0.15) is 17.1 Å². The average Bonchev–Trinajstić information content (AvgIpc) is 3.46. The molecule has 1 aromatic heterocycles. The fourth-order valence-electron chi connectivity index (χ4n) is 3.95. The molecule has 13 heteroatoms. The minimum Gasteiger partial charge on any atom is -0.372 e. The van der Waals surface area contributed by atoms with E-state index in [9.17, 15) is 27.6 Å². The molecule has 1 N–H and O–H groups in total.